The topological polar surface area (TPSA) is 91.8 Å². The van der Waals surface area contributed by atoms with Crippen LogP contribution in [0.2, 0.25) is 0 Å². The summed E-state index contributed by atoms with van der Waals surface area (Å²) in [6.07, 6.45) is 2.03. The highest BCUT2D eigenvalue weighted by Gasteiger charge is 2.43. The monoisotopic (exact) mass is 404 g/mol. The minimum absolute atomic E-state index is 0.0532. The lowest BCUT2D eigenvalue weighted by atomic mass is 9.95. The molecular weight excluding hydrogens is 383 g/mol. The highest BCUT2D eigenvalue weighted by Crippen LogP contribution is 2.28. The van der Waals surface area contributed by atoms with Crippen molar-refractivity contribution in [3.05, 3.63) is 30.1 Å². The van der Waals surface area contributed by atoms with E-state index in [0.29, 0.717) is 25.9 Å². The van der Waals surface area contributed by atoms with Crippen molar-refractivity contribution in [1.29, 1.82) is 0 Å². The van der Waals surface area contributed by atoms with E-state index in [2.05, 4.69) is 0 Å². The Morgan fingerprint density at radius 3 is 2.08 bits per heavy atom. The Balaban J connectivity index is 1.56. The Bertz CT molecular complexity index is 885. The van der Waals surface area contributed by atoms with Gasteiger partial charge in [0.25, 0.3) is 0 Å². The van der Waals surface area contributed by atoms with Gasteiger partial charge in [-0.2, -0.15) is 0 Å². The molecule has 144 valence electrons. The van der Waals surface area contributed by atoms with Gasteiger partial charge >= 0.3 is 0 Å². The third-order valence-electron chi connectivity index (χ3n) is 5.01. The number of halogens is 1. The molecule has 0 unspecified atom stereocenters. The molecule has 1 aromatic rings. The summed E-state index contributed by atoms with van der Waals surface area (Å²) in [5, 5.41) is -0.687. The third kappa shape index (κ3) is 3.77. The van der Waals surface area contributed by atoms with Gasteiger partial charge in [0.05, 0.1) is 11.2 Å². The van der Waals surface area contributed by atoms with Gasteiger partial charge in [-0.1, -0.05) is 0 Å². The summed E-state index contributed by atoms with van der Waals surface area (Å²) >= 11 is 0. The molecule has 0 N–H and O–H groups in total. The molecule has 0 atom stereocenters. The SMILES string of the molecule is CS(=O)(=O)N1CCC(C(=O)N2CC(S(=O)(=O)c3ccc(F)cc3)C2)CC1. The summed E-state index contributed by atoms with van der Waals surface area (Å²) in [5.41, 5.74) is 0. The van der Waals surface area contributed by atoms with Crippen LogP contribution in [0, 0.1) is 11.7 Å². The molecule has 0 bridgehead atoms. The minimum atomic E-state index is -3.59. The summed E-state index contributed by atoms with van der Waals surface area (Å²) in [6.45, 7) is 0.844. The number of carbonyl (C=O) groups excluding carboxylic acids is 1. The molecule has 3 rings (SSSR count). The minimum Gasteiger partial charge on any atom is -0.340 e. The zero-order valence-corrected chi connectivity index (χ0v) is 16.0. The van der Waals surface area contributed by atoms with Crippen molar-refractivity contribution < 1.29 is 26.0 Å². The number of sulfone groups is 1. The van der Waals surface area contributed by atoms with E-state index < -0.39 is 30.9 Å². The second kappa shape index (κ2) is 6.90. The molecule has 0 aromatic heterocycles. The van der Waals surface area contributed by atoms with Crippen LogP contribution < -0.4 is 0 Å². The van der Waals surface area contributed by atoms with E-state index in [0.717, 1.165) is 18.4 Å². The van der Waals surface area contributed by atoms with Crippen LogP contribution in [0.1, 0.15) is 12.8 Å². The maximum absolute atomic E-state index is 13.0. The Hall–Kier alpha value is -1.52. The van der Waals surface area contributed by atoms with E-state index in [-0.39, 0.29) is 29.8 Å². The fourth-order valence-electron chi connectivity index (χ4n) is 3.32. The number of carbonyl (C=O) groups is 1. The van der Waals surface area contributed by atoms with E-state index in [1.54, 1.807) is 0 Å². The summed E-state index contributed by atoms with van der Waals surface area (Å²) in [4.78, 5) is 14.1. The molecule has 1 amide bonds. The molecule has 10 heteroatoms. The lowest BCUT2D eigenvalue weighted by Crippen LogP contribution is -2.59. The number of amides is 1. The molecule has 2 heterocycles. The Kier molecular flexibility index (Phi) is 5.11. The van der Waals surface area contributed by atoms with Crippen LogP contribution in [0.15, 0.2) is 29.2 Å². The molecule has 0 radical (unpaired) electrons. The van der Waals surface area contributed by atoms with Crippen LogP contribution in [-0.2, 0) is 24.7 Å². The molecule has 0 spiro atoms. The Morgan fingerprint density at radius 1 is 1.04 bits per heavy atom. The van der Waals surface area contributed by atoms with Gasteiger partial charge in [-0.05, 0) is 37.1 Å². The molecule has 2 fully saturated rings. The number of rotatable bonds is 4. The average molecular weight is 404 g/mol. The number of likely N-dealkylation sites (tertiary alicyclic amines) is 1. The van der Waals surface area contributed by atoms with Crippen molar-refractivity contribution >= 4 is 25.8 Å². The fraction of sp³-hybridized carbons (Fsp3) is 0.562. The number of benzene rings is 1. The summed E-state index contributed by atoms with van der Waals surface area (Å²) in [7, 11) is -6.84. The number of hydrogen-bond donors (Lipinski definition) is 0. The number of sulfonamides is 1. The Morgan fingerprint density at radius 2 is 1.58 bits per heavy atom. The first-order valence-electron chi connectivity index (χ1n) is 8.32. The standard InChI is InChI=1S/C16H21FN2O5S2/c1-25(21,22)19-8-6-12(7-9-19)16(20)18-10-15(11-18)26(23,24)14-4-2-13(17)3-5-14/h2-5,12,15H,6-11H2,1H3. The predicted molar refractivity (Wildman–Crippen MR) is 93.1 cm³/mol. The highest BCUT2D eigenvalue weighted by molar-refractivity contribution is 7.92. The summed E-state index contributed by atoms with van der Waals surface area (Å²) in [5.74, 6) is -0.902. The lowest BCUT2D eigenvalue weighted by molar-refractivity contribution is -0.140. The van der Waals surface area contributed by atoms with Gasteiger partial charge in [-0.15, -0.1) is 0 Å². The van der Waals surface area contributed by atoms with Crippen LogP contribution >= 0.6 is 0 Å². The van der Waals surface area contributed by atoms with Crippen molar-refractivity contribution in [2.45, 2.75) is 23.0 Å². The van der Waals surface area contributed by atoms with Crippen LogP contribution in [0.3, 0.4) is 0 Å². The third-order valence-corrected chi connectivity index (χ3v) is 8.42. The van der Waals surface area contributed by atoms with Gasteiger partial charge in [0.15, 0.2) is 9.84 Å². The zero-order valence-electron chi connectivity index (χ0n) is 14.3. The van der Waals surface area contributed by atoms with Crippen LogP contribution in [-0.4, -0.2) is 69.6 Å². The number of hydrogen-bond acceptors (Lipinski definition) is 5. The van der Waals surface area contributed by atoms with Crippen molar-refractivity contribution in [2.75, 3.05) is 32.4 Å². The van der Waals surface area contributed by atoms with Crippen LogP contribution in [0.4, 0.5) is 4.39 Å². The van der Waals surface area contributed by atoms with Gasteiger partial charge in [0, 0.05) is 32.1 Å². The second-order valence-corrected chi connectivity index (χ2v) is 11.0. The quantitative estimate of drug-likeness (QED) is 0.681. The number of piperidine rings is 1. The predicted octanol–water partition coefficient (Wildman–Crippen LogP) is 0.482. The molecule has 1 aromatic carbocycles. The lowest BCUT2D eigenvalue weighted by Gasteiger charge is -2.41. The van der Waals surface area contributed by atoms with Crippen molar-refractivity contribution in [3.8, 4) is 0 Å². The van der Waals surface area contributed by atoms with Crippen LogP contribution in [0.25, 0.3) is 0 Å². The smallest absolute Gasteiger partial charge is 0.225 e. The molecule has 2 saturated heterocycles. The zero-order chi connectivity index (χ0) is 19.1. The second-order valence-electron chi connectivity index (χ2n) is 6.80. The molecule has 26 heavy (non-hydrogen) atoms. The first kappa shape index (κ1) is 19.2. The molecule has 0 aliphatic carbocycles. The van der Waals surface area contributed by atoms with Gasteiger partial charge in [-0.3, -0.25) is 4.79 Å². The first-order chi connectivity index (χ1) is 12.1. The molecule has 7 nitrogen and oxygen atoms in total. The highest BCUT2D eigenvalue weighted by atomic mass is 32.2. The van der Waals surface area contributed by atoms with E-state index in [9.17, 15) is 26.0 Å². The van der Waals surface area contributed by atoms with E-state index in [1.165, 1.54) is 21.3 Å². The van der Waals surface area contributed by atoms with E-state index in [1.807, 2.05) is 0 Å². The van der Waals surface area contributed by atoms with E-state index in [4.69, 9.17) is 0 Å². The van der Waals surface area contributed by atoms with Crippen molar-refractivity contribution in [3.63, 3.8) is 0 Å². The average Bonchev–Trinajstić information content (AvgIpc) is 2.53. The largest absolute Gasteiger partial charge is 0.340 e. The maximum Gasteiger partial charge on any atom is 0.225 e. The number of nitrogens with zero attached hydrogens (tertiary/aromatic N) is 2. The fourth-order valence-corrected chi connectivity index (χ4v) is 5.85. The summed E-state index contributed by atoms with van der Waals surface area (Å²) < 4.78 is 62.3. The molecule has 0 saturated carbocycles. The van der Waals surface area contributed by atoms with Gasteiger partial charge in [0.2, 0.25) is 15.9 Å². The van der Waals surface area contributed by atoms with Crippen LogP contribution in [0.5, 0.6) is 0 Å². The molecule has 2 aliphatic heterocycles. The van der Waals surface area contributed by atoms with E-state index >= 15 is 0 Å². The van der Waals surface area contributed by atoms with Gasteiger partial charge < -0.3 is 4.90 Å². The Labute approximate surface area is 152 Å². The summed E-state index contributed by atoms with van der Waals surface area (Å²) in [6, 6.07) is 4.67. The molecular formula is C16H21FN2O5S2. The van der Waals surface area contributed by atoms with Crippen molar-refractivity contribution in [2.24, 2.45) is 5.92 Å². The van der Waals surface area contributed by atoms with Crippen molar-refractivity contribution in [1.82, 2.24) is 9.21 Å². The first-order valence-corrected chi connectivity index (χ1v) is 11.7. The molecule has 2 aliphatic rings. The van der Waals surface area contributed by atoms with Gasteiger partial charge in [0.1, 0.15) is 11.1 Å². The normalized spacial score (nSPS) is 20.8. The maximum atomic E-state index is 13.0. The van der Waals surface area contributed by atoms with Gasteiger partial charge in [-0.25, -0.2) is 25.5 Å².